The van der Waals surface area contributed by atoms with Gasteiger partial charge in [-0.3, -0.25) is 9.63 Å². The number of carbonyl (C=O) groups excluding carboxylic acids is 1. The molecule has 1 fully saturated rings. The lowest BCUT2D eigenvalue weighted by atomic mass is 9.66. The van der Waals surface area contributed by atoms with Crippen LogP contribution >= 0.6 is 0 Å². The number of nitrogens with two attached hydrogens (primary N) is 1. The molecule has 1 rings (SSSR count). The molecule has 0 saturated heterocycles. The number of hydrogen-bond donors (Lipinski definition) is 2. The molecule has 5 heteroatoms. The highest BCUT2D eigenvalue weighted by atomic mass is 16.7. The second-order valence-electron chi connectivity index (χ2n) is 4.10. The Morgan fingerprint density at radius 3 is 2.67 bits per heavy atom. The van der Waals surface area contributed by atoms with Crippen molar-refractivity contribution in [2.45, 2.75) is 25.7 Å². The Morgan fingerprint density at radius 2 is 2.20 bits per heavy atom. The Kier molecular flexibility index (Phi) is 5.01. The van der Waals surface area contributed by atoms with Crippen molar-refractivity contribution in [1.29, 1.82) is 0 Å². The van der Waals surface area contributed by atoms with Crippen LogP contribution in [0.25, 0.3) is 0 Å². The summed E-state index contributed by atoms with van der Waals surface area (Å²) < 4.78 is 4.78. The molecule has 0 aromatic heterocycles. The van der Waals surface area contributed by atoms with Gasteiger partial charge in [0.1, 0.15) is 0 Å². The lowest BCUT2D eigenvalue weighted by Crippen LogP contribution is -2.42. The van der Waals surface area contributed by atoms with E-state index in [1.54, 1.807) is 7.11 Å². The van der Waals surface area contributed by atoms with E-state index >= 15 is 0 Å². The number of carbonyl (C=O) groups is 1. The van der Waals surface area contributed by atoms with E-state index in [9.17, 15) is 4.79 Å². The largest absolute Gasteiger partial charge is 0.382 e. The van der Waals surface area contributed by atoms with E-state index in [4.69, 9.17) is 15.3 Å². The topological polar surface area (TPSA) is 73.6 Å². The van der Waals surface area contributed by atoms with Crippen molar-refractivity contribution in [3.63, 3.8) is 0 Å². The summed E-state index contributed by atoms with van der Waals surface area (Å²) in [4.78, 5) is 16.4. The fraction of sp³-hybridized carbons (Fsp3) is 0.900. The predicted octanol–water partition coefficient (Wildman–Crippen LogP) is 0.200. The summed E-state index contributed by atoms with van der Waals surface area (Å²) in [7, 11) is 1.59. The van der Waals surface area contributed by atoms with Gasteiger partial charge in [-0.15, -0.1) is 0 Å². The number of ether oxygens (including phenoxy) is 1. The fourth-order valence-electron chi connectivity index (χ4n) is 1.76. The molecule has 1 amide bonds. The molecule has 3 N–H and O–H groups in total. The molecule has 0 aromatic rings. The quantitative estimate of drug-likeness (QED) is 0.471. The van der Waals surface area contributed by atoms with Crippen LogP contribution in [0, 0.1) is 5.41 Å². The van der Waals surface area contributed by atoms with Gasteiger partial charge in [0.15, 0.2) is 0 Å². The molecule has 0 bridgehead atoms. The summed E-state index contributed by atoms with van der Waals surface area (Å²) in [5, 5.41) is 0. The van der Waals surface area contributed by atoms with Gasteiger partial charge in [0.25, 0.3) is 0 Å². The van der Waals surface area contributed by atoms with Gasteiger partial charge >= 0.3 is 0 Å². The zero-order valence-electron chi connectivity index (χ0n) is 9.25. The SMILES string of the molecule is COCCONC(=O)CC1(CN)CCC1. The third-order valence-electron chi connectivity index (χ3n) is 2.96. The van der Waals surface area contributed by atoms with Crippen molar-refractivity contribution < 1.29 is 14.4 Å². The lowest BCUT2D eigenvalue weighted by Gasteiger charge is -2.40. The Bertz CT molecular complexity index is 199. The molecule has 5 nitrogen and oxygen atoms in total. The van der Waals surface area contributed by atoms with Crippen LogP contribution in [-0.4, -0.2) is 32.8 Å². The molecule has 0 aliphatic heterocycles. The minimum absolute atomic E-state index is 0.0364. The molecule has 1 saturated carbocycles. The fourth-order valence-corrected chi connectivity index (χ4v) is 1.76. The highest BCUT2D eigenvalue weighted by Gasteiger charge is 2.37. The molecule has 0 radical (unpaired) electrons. The van der Waals surface area contributed by atoms with Gasteiger partial charge in [0, 0.05) is 13.5 Å². The van der Waals surface area contributed by atoms with Crippen molar-refractivity contribution in [3.8, 4) is 0 Å². The maximum atomic E-state index is 11.4. The van der Waals surface area contributed by atoms with Crippen molar-refractivity contribution >= 4 is 5.91 Å². The van der Waals surface area contributed by atoms with Crippen LogP contribution in [0.3, 0.4) is 0 Å². The molecular formula is C10H20N2O3. The first-order valence-corrected chi connectivity index (χ1v) is 5.32. The summed E-state index contributed by atoms with van der Waals surface area (Å²) in [6, 6.07) is 0. The van der Waals surface area contributed by atoms with Crippen LogP contribution in [-0.2, 0) is 14.4 Å². The van der Waals surface area contributed by atoms with Crippen LogP contribution in [0.5, 0.6) is 0 Å². The van der Waals surface area contributed by atoms with Gasteiger partial charge in [0.05, 0.1) is 13.2 Å². The number of nitrogens with one attached hydrogen (secondary N) is 1. The van der Waals surface area contributed by atoms with Gasteiger partial charge < -0.3 is 10.5 Å². The van der Waals surface area contributed by atoms with Crippen LogP contribution in [0.15, 0.2) is 0 Å². The summed E-state index contributed by atoms with van der Waals surface area (Å²) in [6.45, 7) is 1.43. The minimum atomic E-state index is -0.0868. The van der Waals surface area contributed by atoms with Crippen molar-refractivity contribution in [2.24, 2.45) is 11.1 Å². The highest BCUT2D eigenvalue weighted by molar-refractivity contribution is 5.75. The van der Waals surface area contributed by atoms with Gasteiger partial charge in [-0.1, -0.05) is 6.42 Å². The summed E-state index contributed by atoms with van der Waals surface area (Å²) in [5.74, 6) is -0.0868. The second-order valence-corrected chi connectivity index (χ2v) is 4.10. The molecule has 1 aliphatic carbocycles. The Morgan fingerprint density at radius 1 is 1.47 bits per heavy atom. The molecule has 0 heterocycles. The van der Waals surface area contributed by atoms with E-state index in [1.807, 2.05) is 0 Å². The molecule has 88 valence electrons. The average Bonchev–Trinajstić information content (AvgIpc) is 2.18. The normalized spacial score (nSPS) is 18.3. The van der Waals surface area contributed by atoms with E-state index in [1.165, 1.54) is 6.42 Å². The van der Waals surface area contributed by atoms with Gasteiger partial charge in [-0.2, -0.15) is 0 Å². The van der Waals surface area contributed by atoms with Crippen LogP contribution < -0.4 is 11.2 Å². The first kappa shape index (κ1) is 12.4. The van der Waals surface area contributed by atoms with Crippen molar-refractivity contribution in [1.82, 2.24) is 5.48 Å². The third-order valence-corrected chi connectivity index (χ3v) is 2.96. The van der Waals surface area contributed by atoms with Crippen LogP contribution in [0.1, 0.15) is 25.7 Å². The molecule has 0 spiro atoms. The minimum Gasteiger partial charge on any atom is -0.382 e. The number of hydrogen-bond acceptors (Lipinski definition) is 4. The number of rotatable bonds is 7. The average molecular weight is 216 g/mol. The van der Waals surface area contributed by atoms with Crippen molar-refractivity contribution in [3.05, 3.63) is 0 Å². The maximum absolute atomic E-state index is 11.4. The molecule has 1 aliphatic rings. The van der Waals surface area contributed by atoms with E-state index in [2.05, 4.69) is 5.48 Å². The van der Waals surface area contributed by atoms with Crippen molar-refractivity contribution in [2.75, 3.05) is 26.9 Å². The van der Waals surface area contributed by atoms with E-state index in [0.29, 0.717) is 26.2 Å². The maximum Gasteiger partial charge on any atom is 0.244 e. The smallest absolute Gasteiger partial charge is 0.244 e. The van der Waals surface area contributed by atoms with E-state index in [0.717, 1.165) is 12.8 Å². The Balaban J connectivity index is 2.12. The zero-order chi connectivity index (χ0) is 11.1. The number of hydroxylamine groups is 1. The number of amides is 1. The first-order chi connectivity index (χ1) is 7.22. The molecule has 15 heavy (non-hydrogen) atoms. The third kappa shape index (κ3) is 3.77. The molecule has 0 unspecified atom stereocenters. The van der Waals surface area contributed by atoms with Crippen LogP contribution in [0.2, 0.25) is 0 Å². The summed E-state index contributed by atoms with van der Waals surface area (Å²) in [6.07, 6.45) is 3.75. The highest BCUT2D eigenvalue weighted by Crippen LogP contribution is 2.42. The molecule has 0 aromatic carbocycles. The summed E-state index contributed by atoms with van der Waals surface area (Å²) >= 11 is 0. The van der Waals surface area contributed by atoms with Gasteiger partial charge in [-0.05, 0) is 24.8 Å². The standard InChI is InChI=1S/C10H20N2O3/c1-14-5-6-15-12-9(13)7-10(8-11)3-2-4-10/h2-8,11H2,1H3,(H,12,13). The molecular weight excluding hydrogens is 196 g/mol. The Hall–Kier alpha value is -0.650. The monoisotopic (exact) mass is 216 g/mol. The molecule has 0 atom stereocenters. The zero-order valence-corrected chi connectivity index (χ0v) is 9.25. The van der Waals surface area contributed by atoms with Gasteiger partial charge in [0.2, 0.25) is 5.91 Å². The number of methoxy groups -OCH3 is 1. The van der Waals surface area contributed by atoms with Gasteiger partial charge in [-0.25, -0.2) is 5.48 Å². The Labute approximate surface area is 90.3 Å². The first-order valence-electron chi connectivity index (χ1n) is 5.32. The van der Waals surface area contributed by atoms with E-state index < -0.39 is 0 Å². The van der Waals surface area contributed by atoms with Crippen LogP contribution in [0.4, 0.5) is 0 Å². The van der Waals surface area contributed by atoms with E-state index in [-0.39, 0.29) is 11.3 Å². The second kappa shape index (κ2) is 6.05. The predicted molar refractivity (Wildman–Crippen MR) is 55.9 cm³/mol. The lowest BCUT2D eigenvalue weighted by molar-refractivity contribution is -0.138. The summed E-state index contributed by atoms with van der Waals surface area (Å²) in [5.41, 5.74) is 8.09.